The van der Waals surface area contributed by atoms with Gasteiger partial charge in [0.05, 0.1) is 0 Å². The summed E-state index contributed by atoms with van der Waals surface area (Å²) in [5.74, 6) is 0.662. The van der Waals surface area contributed by atoms with Gasteiger partial charge in [-0.3, -0.25) is 0 Å². The number of benzene rings is 2. The van der Waals surface area contributed by atoms with E-state index in [2.05, 4.69) is 123 Å². The molecule has 0 saturated carbocycles. The predicted molar refractivity (Wildman–Crippen MR) is 139 cm³/mol. The van der Waals surface area contributed by atoms with Crippen LogP contribution >= 0.6 is 0 Å². The zero-order valence-corrected chi connectivity index (χ0v) is 25.1. The molecular weight excluding hydrogens is 551 g/mol. The van der Waals surface area contributed by atoms with Crippen LogP contribution in [0.2, 0.25) is 3.67 Å². The maximum atomic E-state index is 2.52. The molecule has 4 rings (SSSR count). The molecule has 0 bridgehead atoms. The van der Waals surface area contributed by atoms with Crippen LogP contribution in [0.3, 0.4) is 0 Å². The van der Waals surface area contributed by atoms with Crippen LogP contribution in [0, 0.1) is 5.92 Å². The molecule has 0 heterocycles. The number of hydrogen-bond acceptors (Lipinski definition) is 0. The topological polar surface area (TPSA) is 0 Å². The van der Waals surface area contributed by atoms with Gasteiger partial charge in [0.1, 0.15) is 0 Å². The second-order valence-corrected chi connectivity index (χ2v) is 22.7. The fourth-order valence-electron chi connectivity index (χ4n) is 5.17. The zero-order chi connectivity index (χ0) is 23.4. The Bertz CT molecular complexity index is 1050. The van der Waals surface area contributed by atoms with Gasteiger partial charge in [-0.15, -0.1) is 0 Å². The van der Waals surface area contributed by atoms with Gasteiger partial charge in [0, 0.05) is 0 Å². The second kappa shape index (κ2) is 8.46. The molecule has 0 unspecified atom stereocenters. The molecule has 0 saturated heterocycles. The monoisotopic (exact) mass is 592 g/mol. The van der Waals surface area contributed by atoms with Crippen molar-refractivity contribution >= 4 is 3.26 Å². The van der Waals surface area contributed by atoms with Crippen molar-refractivity contribution in [3.63, 3.8) is 0 Å². The van der Waals surface area contributed by atoms with Gasteiger partial charge in [0.15, 0.2) is 0 Å². The quantitative estimate of drug-likeness (QED) is 0.314. The molecule has 0 fully saturated rings. The minimum atomic E-state index is -2.31. The van der Waals surface area contributed by atoms with Gasteiger partial charge in [-0.2, -0.15) is 0 Å². The zero-order valence-electron chi connectivity index (χ0n) is 21.5. The average molecular weight is 591 g/mol. The second-order valence-electron chi connectivity index (χ2n) is 12.1. The molecular formula is C31H40Hf. The summed E-state index contributed by atoms with van der Waals surface area (Å²) in [6.07, 6.45) is 9.56. The summed E-state index contributed by atoms with van der Waals surface area (Å²) in [6, 6.07) is 14.9. The third kappa shape index (κ3) is 4.27. The van der Waals surface area contributed by atoms with E-state index in [4.69, 9.17) is 0 Å². The summed E-state index contributed by atoms with van der Waals surface area (Å²) < 4.78 is 3.11. The third-order valence-electron chi connectivity index (χ3n) is 7.49. The van der Waals surface area contributed by atoms with E-state index >= 15 is 0 Å². The van der Waals surface area contributed by atoms with E-state index in [0.717, 1.165) is 0 Å². The molecule has 168 valence electrons. The van der Waals surface area contributed by atoms with Crippen molar-refractivity contribution in [1.29, 1.82) is 0 Å². The molecule has 0 N–H and O–H groups in total. The fourth-order valence-corrected chi connectivity index (χ4v) is 19.0. The maximum absolute atomic E-state index is 2.52. The van der Waals surface area contributed by atoms with Gasteiger partial charge in [-0.05, 0) is 0 Å². The molecule has 2 aliphatic rings. The molecule has 0 spiro atoms. The molecule has 2 aromatic carbocycles. The molecule has 2 aliphatic carbocycles. The first-order valence-corrected chi connectivity index (χ1v) is 18.2. The van der Waals surface area contributed by atoms with E-state index in [1.165, 1.54) is 22.3 Å². The van der Waals surface area contributed by atoms with E-state index in [0.29, 0.717) is 13.3 Å². The third-order valence-corrected chi connectivity index (χ3v) is 21.3. The van der Waals surface area contributed by atoms with Crippen molar-refractivity contribution in [3.8, 4) is 11.1 Å². The average Bonchev–Trinajstić information content (AvgIpc) is 3.33. The molecule has 0 aromatic heterocycles. The van der Waals surface area contributed by atoms with Crippen molar-refractivity contribution in [2.24, 2.45) is 5.92 Å². The van der Waals surface area contributed by atoms with Crippen molar-refractivity contribution in [2.45, 2.75) is 80.5 Å². The van der Waals surface area contributed by atoms with Crippen molar-refractivity contribution in [3.05, 3.63) is 83.0 Å². The van der Waals surface area contributed by atoms with E-state index in [1.54, 1.807) is 11.1 Å². The first kappa shape index (κ1) is 23.8. The first-order valence-electron chi connectivity index (χ1n) is 12.2. The standard InChI is InChI=1S/C21H25.C5H5.C5H10.Hf/c1-20(2,3)16-9-7-14-11-15-8-10-17(21(4,5)6)13-19(15)18(14)12-16;1-2-4-5-3-1;1-4-5(2)3;/h7-13H,1-6H3;1-5H;5H,1-3H3;. The van der Waals surface area contributed by atoms with Gasteiger partial charge in [-0.25, -0.2) is 0 Å². The Balaban J connectivity index is 2.01. The molecule has 0 radical (unpaired) electrons. The minimum absolute atomic E-state index is 0.161. The summed E-state index contributed by atoms with van der Waals surface area (Å²) in [5.41, 5.74) is 9.44. The van der Waals surface area contributed by atoms with Crippen molar-refractivity contribution < 1.29 is 21.0 Å². The van der Waals surface area contributed by atoms with Crippen LogP contribution in [0.15, 0.2) is 60.7 Å². The molecule has 0 amide bonds. The number of rotatable bonds is 3. The van der Waals surface area contributed by atoms with Crippen LogP contribution in [0.4, 0.5) is 0 Å². The Morgan fingerprint density at radius 1 is 0.750 bits per heavy atom. The van der Waals surface area contributed by atoms with E-state index in [-0.39, 0.29) is 10.8 Å². The molecule has 0 aliphatic heterocycles. The molecule has 0 atom stereocenters. The number of hydrogen-bond donors (Lipinski definition) is 0. The van der Waals surface area contributed by atoms with E-state index in [1.807, 2.05) is 3.26 Å². The Hall–Kier alpha value is -1.34. The van der Waals surface area contributed by atoms with Gasteiger partial charge >= 0.3 is 205 Å². The summed E-state index contributed by atoms with van der Waals surface area (Å²) in [5, 5.41) is 0. The van der Waals surface area contributed by atoms with Crippen LogP contribution in [-0.2, 0) is 31.8 Å². The Morgan fingerprint density at radius 2 is 1.19 bits per heavy atom. The molecule has 32 heavy (non-hydrogen) atoms. The summed E-state index contributed by atoms with van der Waals surface area (Å²) in [7, 11) is 0. The van der Waals surface area contributed by atoms with Crippen LogP contribution in [-0.4, -0.2) is 3.26 Å². The fraction of sp³-hybridized carbons (Fsp3) is 0.452. The van der Waals surface area contributed by atoms with Gasteiger partial charge in [0.2, 0.25) is 0 Å². The van der Waals surface area contributed by atoms with Gasteiger partial charge in [0.25, 0.3) is 0 Å². The van der Waals surface area contributed by atoms with Gasteiger partial charge in [-0.1, -0.05) is 0 Å². The summed E-state index contributed by atoms with van der Waals surface area (Å²) in [4.78, 5) is 0. The molecule has 1 heteroatoms. The predicted octanol–water partition coefficient (Wildman–Crippen LogP) is 8.73. The van der Waals surface area contributed by atoms with Crippen LogP contribution in [0.5, 0.6) is 0 Å². The Morgan fingerprint density at radius 3 is 1.56 bits per heavy atom. The normalized spacial score (nSPS) is 17.2. The van der Waals surface area contributed by atoms with Crippen LogP contribution < -0.4 is 0 Å². The summed E-state index contributed by atoms with van der Waals surface area (Å²) in [6.45, 7) is 21.3. The van der Waals surface area contributed by atoms with Crippen LogP contribution in [0.25, 0.3) is 11.1 Å². The molecule has 2 aromatic rings. The van der Waals surface area contributed by atoms with E-state index < -0.39 is 21.0 Å². The summed E-state index contributed by atoms with van der Waals surface area (Å²) >= 11 is -2.31. The van der Waals surface area contributed by atoms with Crippen molar-refractivity contribution in [1.82, 2.24) is 0 Å². The first-order chi connectivity index (χ1) is 14.9. The number of allylic oxidation sites excluding steroid dienone is 4. The number of fused-ring (bicyclic) bond motifs is 3. The molecule has 0 nitrogen and oxygen atoms in total. The van der Waals surface area contributed by atoms with E-state index in [9.17, 15) is 0 Å². The van der Waals surface area contributed by atoms with Crippen LogP contribution in [0.1, 0.15) is 88.2 Å². The van der Waals surface area contributed by atoms with Gasteiger partial charge < -0.3 is 0 Å². The van der Waals surface area contributed by atoms with Crippen molar-refractivity contribution in [2.75, 3.05) is 0 Å². The Labute approximate surface area is 203 Å². The Kier molecular flexibility index (Phi) is 6.29. The SMILES string of the molecule is C[C](C(C)C)=[Hf]([CH]1C=CC=C1)[CH]1c2ccc(C(C)(C)C)cc2-c2cc(C(C)(C)C)ccc21.